The summed E-state index contributed by atoms with van der Waals surface area (Å²) in [5, 5.41) is 7.92. The number of imidazole rings is 2. The number of methoxy groups -OCH3 is 2. The minimum absolute atomic E-state index is 0.0767. The van der Waals surface area contributed by atoms with Gasteiger partial charge in [0.15, 0.2) is 5.15 Å². The van der Waals surface area contributed by atoms with E-state index >= 15 is 0 Å². The van der Waals surface area contributed by atoms with Crippen LogP contribution in [-0.2, 0) is 19.1 Å². The van der Waals surface area contributed by atoms with E-state index in [1.165, 1.54) is 14.2 Å². The van der Waals surface area contributed by atoms with Crippen LogP contribution >= 0.6 is 11.6 Å². The molecule has 2 bridgehead atoms. The van der Waals surface area contributed by atoms with Crippen LogP contribution in [0, 0.1) is 23.7 Å². The maximum Gasteiger partial charge on any atom is 0.407 e. The predicted molar refractivity (Wildman–Crippen MR) is 227 cm³/mol. The number of carbonyl (C=O) groups excluding carboxylic acids is 4. The van der Waals surface area contributed by atoms with Gasteiger partial charge in [0.25, 0.3) is 0 Å². The minimum atomic E-state index is -0.720. The number of hydrogen-bond donors (Lipinski definition) is 4. The summed E-state index contributed by atoms with van der Waals surface area (Å²) in [6, 6.07) is 17.0. The molecule has 0 radical (unpaired) electrons. The first-order chi connectivity index (χ1) is 28.8. The molecule has 15 heteroatoms. The number of nitrogens with one attached hydrogen (secondary N) is 4. The number of alkyl carbamates (subject to hydrolysis) is 2. The minimum Gasteiger partial charge on any atom is -0.453 e. The number of aromatic amines is 2. The van der Waals surface area contributed by atoms with Crippen molar-refractivity contribution in [1.29, 1.82) is 0 Å². The zero-order chi connectivity index (χ0) is 42.1. The molecule has 1 unspecified atom stereocenters. The first-order valence-electron chi connectivity index (χ1n) is 21.0. The number of H-pyrrole nitrogens is 2. The number of hydrogen-bond acceptors (Lipinski definition) is 8. The zero-order valence-corrected chi connectivity index (χ0v) is 35.4. The van der Waals surface area contributed by atoms with Crippen molar-refractivity contribution in [3.63, 3.8) is 0 Å². The van der Waals surface area contributed by atoms with Gasteiger partial charge in [0.05, 0.1) is 43.0 Å². The number of likely N-dealkylation sites (tertiary alicyclic amines) is 2. The van der Waals surface area contributed by atoms with Crippen molar-refractivity contribution >= 4 is 57.4 Å². The van der Waals surface area contributed by atoms with E-state index in [0.717, 1.165) is 76.4 Å². The average molecular weight is 835 g/mol. The van der Waals surface area contributed by atoms with Crippen molar-refractivity contribution in [2.45, 2.75) is 96.1 Å². The molecule has 14 nitrogen and oxygen atoms in total. The Labute approximate surface area is 353 Å². The fraction of sp³-hybridized carbons (Fsp3) is 0.467. The number of ether oxygens (including phenoxy) is 2. The number of carbonyl (C=O) groups is 4. The molecular formula is C45H51ClN8O6. The van der Waals surface area contributed by atoms with E-state index in [2.05, 4.69) is 57.0 Å². The number of nitrogens with zero attached hydrogens (tertiary/aromatic N) is 4. The summed E-state index contributed by atoms with van der Waals surface area (Å²) in [5.41, 5.74) is 5.40. The fourth-order valence-corrected chi connectivity index (χ4v) is 10.3. The van der Waals surface area contributed by atoms with E-state index in [1.807, 2.05) is 55.7 Å². The van der Waals surface area contributed by atoms with Crippen molar-refractivity contribution in [3.8, 4) is 22.4 Å². The molecule has 60 heavy (non-hydrogen) atoms. The van der Waals surface area contributed by atoms with Crippen LogP contribution in [0.25, 0.3) is 44.2 Å². The highest BCUT2D eigenvalue weighted by Crippen LogP contribution is 2.54. The van der Waals surface area contributed by atoms with E-state index in [1.54, 1.807) is 0 Å². The van der Waals surface area contributed by atoms with Crippen LogP contribution in [0.5, 0.6) is 0 Å². The molecule has 314 valence electrons. The Bertz CT molecular complexity index is 2500. The zero-order valence-electron chi connectivity index (χ0n) is 34.6. The molecule has 2 aliphatic carbocycles. The van der Waals surface area contributed by atoms with Gasteiger partial charge < -0.3 is 39.9 Å². The van der Waals surface area contributed by atoms with Crippen LogP contribution in [0.4, 0.5) is 9.59 Å². The number of aromatic nitrogens is 4. The lowest BCUT2D eigenvalue weighted by Crippen LogP contribution is -2.54. The Hall–Kier alpha value is -5.63. The molecule has 5 aromatic rings. The Morgan fingerprint density at radius 1 is 0.733 bits per heavy atom. The van der Waals surface area contributed by atoms with Crippen LogP contribution < -0.4 is 10.6 Å². The number of rotatable bonds is 10. The summed E-state index contributed by atoms with van der Waals surface area (Å²) in [4.78, 5) is 72.9. The Balaban J connectivity index is 0.945. The standard InChI is InChI=1S/C45H51ClN8O6/c1-21(2)34(50-44(57)59-5)42(55)53-29-14-11-27(18-29)38(53)41-48-36(39(46)52-41)24-9-7-23(8-10-24)25-12-15-30-26(17-25)13-16-31-37(30)49-40(47-31)33-20-28-19-32(28)54(33)43(56)35(22(3)4)51-45(58)60-6/h7-10,12-13,15-17,21-22,27-29,32-35,38H,11,14,18-20H2,1-6H3,(H,47,49)(H,48,52)(H,50,57)(H,51,58)/t27-,28+,29+,32+,33-,34?,35-,38-/m0/s1. The predicted octanol–water partition coefficient (Wildman–Crippen LogP) is 7.90. The monoisotopic (exact) mass is 834 g/mol. The maximum atomic E-state index is 14.0. The lowest BCUT2D eigenvalue weighted by atomic mass is 9.95. The number of amides is 4. The molecule has 3 aromatic carbocycles. The topological polar surface area (TPSA) is 175 Å². The van der Waals surface area contributed by atoms with Gasteiger partial charge in [0, 0.05) is 23.0 Å². The van der Waals surface area contributed by atoms with Crippen LogP contribution in [0.2, 0.25) is 5.15 Å². The van der Waals surface area contributed by atoms with Crippen molar-refractivity contribution in [3.05, 3.63) is 71.4 Å². The van der Waals surface area contributed by atoms with Gasteiger partial charge in [-0.15, -0.1) is 0 Å². The van der Waals surface area contributed by atoms with Gasteiger partial charge in [-0.25, -0.2) is 19.6 Å². The molecule has 2 saturated heterocycles. The molecule has 8 atom stereocenters. The number of fused-ring (bicyclic) bond motifs is 6. The Kier molecular flexibility index (Phi) is 10.2. The van der Waals surface area contributed by atoms with E-state index < -0.39 is 24.3 Å². The third-order valence-electron chi connectivity index (χ3n) is 13.3. The summed E-state index contributed by atoms with van der Waals surface area (Å²) in [5.74, 6) is 1.61. The average Bonchev–Trinajstić information content (AvgIpc) is 3.81. The van der Waals surface area contributed by atoms with Gasteiger partial charge in [-0.3, -0.25) is 9.59 Å². The number of piperidine rings is 2. The molecule has 2 saturated carbocycles. The SMILES string of the molecule is COC(=O)NC(C(=O)N1[C@@H]2CC[C@@H](C2)[C@H]1c1nc(Cl)c(-c2ccc(-c3ccc4c(ccc5nc([C@@H]6C[C@H]7C[C@H]7N6C(=O)[C@@H](NC(=O)OC)C(C)C)[nH]c54)c3)cc2)[nH]1)C(C)C. The molecule has 4 aliphatic rings. The van der Waals surface area contributed by atoms with Crippen LogP contribution in [-0.4, -0.2) is 92.1 Å². The molecule has 4 heterocycles. The summed E-state index contributed by atoms with van der Waals surface area (Å²) < 4.78 is 9.65. The van der Waals surface area contributed by atoms with Crippen molar-refractivity contribution in [1.82, 2.24) is 40.4 Å². The van der Waals surface area contributed by atoms with Crippen molar-refractivity contribution < 1.29 is 28.7 Å². The first-order valence-corrected chi connectivity index (χ1v) is 21.3. The second-order valence-corrected chi connectivity index (χ2v) is 17.9. The van der Waals surface area contributed by atoms with E-state index in [4.69, 9.17) is 31.0 Å². The number of halogens is 1. The Morgan fingerprint density at radius 2 is 1.38 bits per heavy atom. The normalized spacial score (nSPS) is 23.9. The van der Waals surface area contributed by atoms with Crippen molar-refractivity contribution in [2.24, 2.45) is 23.7 Å². The Morgan fingerprint density at radius 3 is 2.05 bits per heavy atom. The molecular weight excluding hydrogens is 784 g/mol. The smallest absolute Gasteiger partial charge is 0.407 e. The lowest BCUT2D eigenvalue weighted by molar-refractivity contribution is -0.139. The summed E-state index contributed by atoms with van der Waals surface area (Å²) in [6.07, 6.45) is 3.35. The van der Waals surface area contributed by atoms with E-state index in [9.17, 15) is 19.2 Å². The molecule has 2 aromatic heterocycles. The van der Waals surface area contributed by atoms with Gasteiger partial charge in [-0.2, -0.15) is 0 Å². The molecule has 4 N–H and O–H groups in total. The molecule has 4 fully saturated rings. The highest BCUT2D eigenvalue weighted by atomic mass is 35.5. The summed E-state index contributed by atoms with van der Waals surface area (Å²) in [7, 11) is 2.60. The van der Waals surface area contributed by atoms with Crippen LogP contribution in [0.1, 0.15) is 83.5 Å². The molecule has 4 amide bonds. The van der Waals surface area contributed by atoms with Crippen LogP contribution in [0.15, 0.2) is 54.6 Å². The lowest BCUT2D eigenvalue weighted by Gasteiger charge is -2.37. The van der Waals surface area contributed by atoms with Gasteiger partial charge in [0.2, 0.25) is 11.8 Å². The molecule has 0 spiro atoms. The molecule has 2 aliphatic heterocycles. The van der Waals surface area contributed by atoms with Crippen molar-refractivity contribution in [2.75, 3.05) is 14.2 Å². The van der Waals surface area contributed by atoms with E-state index in [-0.39, 0.29) is 53.7 Å². The largest absolute Gasteiger partial charge is 0.453 e. The van der Waals surface area contributed by atoms with Gasteiger partial charge >= 0.3 is 12.2 Å². The van der Waals surface area contributed by atoms with Gasteiger partial charge in [-0.05, 0) is 84.4 Å². The van der Waals surface area contributed by atoms with E-state index in [0.29, 0.717) is 22.6 Å². The summed E-state index contributed by atoms with van der Waals surface area (Å²) >= 11 is 6.82. The maximum absolute atomic E-state index is 14.0. The number of benzene rings is 3. The third-order valence-corrected chi connectivity index (χ3v) is 13.5. The molecule has 9 rings (SSSR count). The van der Waals surface area contributed by atoms with Crippen LogP contribution in [0.3, 0.4) is 0 Å². The fourth-order valence-electron chi connectivity index (χ4n) is 10.1. The highest BCUT2D eigenvalue weighted by Gasteiger charge is 2.56. The third kappa shape index (κ3) is 6.91. The quantitative estimate of drug-likeness (QED) is 0.110. The first kappa shape index (κ1) is 39.8. The van der Waals surface area contributed by atoms with Gasteiger partial charge in [-0.1, -0.05) is 81.8 Å². The van der Waals surface area contributed by atoms with Gasteiger partial charge in [0.1, 0.15) is 23.7 Å². The highest BCUT2D eigenvalue weighted by molar-refractivity contribution is 6.32. The second-order valence-electron chi connectivity index (χ2n) is 17.6. The summed E-state index contributed by atoms with van der Waals surface area (Å²) in [6.45, 7) is 7.67. The second kappa shape index (κ2) is 15.4.